The molecule has 0 spiro atoms. The van der Waals surface area contributed by atoms with Crippen LogP contribution in [0, 0.1) is 0 Å². The summed E-state index contributed by atoms with van der Waals surface area (Å²) in [5, 5.41) is 34.4. The molecule has 0 unspecified atom stereocenters. The first-order chi connectivity index (χ1) is 11.5. The van der Waals surface area contributed by atoms with Gasteiger partial charge in [-0.2, -0.15) is 9.78 Å². The van der Waals surface area contributed by atoms with E-state index in [1.807, 2.05) is 0 Å². The fourth-order valence-corrected chi connectivity index (χ4v) is 2.52. The third-order valence-corrected chi connectivity index (χ3v) is 4.02. The van der Waals surface area contributed by atoms with Crippen LogP contribution in [0.1, 0.15) is 83.5 Å². The van der Waals surface area contributed by atoms with Gasteiger partial charge >= 0.3 is 17.7 Å². The number of rotatable bonds is 17. The van der Waals surface area contributed by atoms with E-state index in [0.717, 1.165) is 64.2 Å². The van der Waals surface area contributed by atoms with Gasteiger partial charge in [0.2, 0.25) is 0 Å². The summed E-state index contributed by atoms with van der Waals surface area (Å²) in [6, 6.07) is 0. The summed E-state index contributed by atoms with van der Waals surface area (Å²) in [5.74, 6) is -4.69. The van der Waals surface area contributed by atoms with Crippen LogP contribution in [0.4, 0.5) is 0 Å². The van der Waals surface area contributed by atoms with Gasteiger partial charge < -0.3 is 10.2 Å². The Bertz CT molecular complexity index is 341. The zero-order valence-electron chi connectivity index (χ0n) is 14.1. The maximum absolute atomic E-state index is 10.9. The van der Waals surface area contributed by atoms with Crippen molar-refractivity contribution in [3.8, 4) is 0 Å². The maximum atomic E-state index is 10.9. The van der Waals surface area contributed by atoms with Gasteiger partial charge in [0.25, 0.3) is 0 Å². The molecule has 24 heavy (non-hydrogen) atoms. The summed E-state index contributed by atoms with van der Waals surface area (Å²) < 4.78 is 0. The first-order valence-electron chi connectivity index (χ1n) is 8.59. The van der Waals surface area contributed by atoms with Crippen LogP contribution in [0.2, 0.25) is 0 Å². The number of carbonyl (C=O) groups is 2. The Labute approximate surface area is 142 Å². The van der Waals surface area contributed by atoms with Crippen molar-refractivity contribution in [1.82, 2.24) is 0 Å². The third kappa shape index (κ3) is 10.5. The van der Waals surface area contributed by atoms with Crippen LogP contribution in [-0.4, -0.2) is 38.5 Å². The van der Waals surface area contributed by atoms with E-state index in [4.69, 9.17) is 20.7 Å². The second-order valence-electron chi connectivity index (χ2n) is 6.02. The van der Waals surface area contributed by atoms with Crippen molar-refractivity contribution in [2.24, 2.45) is 0 Å². The number of unbranched alkanes of at least 4 members (excludes halogenated alkanes) is 10. The molecule has 8 heteroatoms. The Hall–Kier alpha value is -1.22. The quantitative estimate of drug-likeness (QED) is 0.134. The molecule has 8 nitrogen and oxygen atoms in total. The van der Waals surface area contributed by atoms with Crippen molar-refractivity contribution in [2.45, 2.75) is 89.3 Å². The molecule has 0 aromatic heterocycles. The van der Waals surface area contributed by atoms with Crippen LogP contribution in [0.5, 0.6) is 0 Å². The highest BCUT2D eigenvalue weighted by molar-refractivity contribution is 5.75. The Balaban J connectivity index is 3.42. The minimum atomic E-state index is -2.39. The van der Waals surface area contributed by atoms with Crippen molar-refractivity contribution >= 4 is 11.9 Å². The largest absolute Gasteiger partial charge is 0.481 e. The highest BCUT2D eigenvalue weighted by Gasteiger charge is 2.42. The van der Waals surface area contributed by atoms with Crippen molar-refractivity contribution in [3.05, 3.63) is 0 Å². The molecule has 0 rings (SSSR count). The van der Waals surface area contributed by atoms with Gasteiger partial charge in [-0.25, -0.2) is 15.3 Å². The zero-order valence-corrected chi connectivity index (χ0v) is 14.1. The minimum absolute atomic E-state index is 0.133. The number of carboxylic acids is 2. The lowest BCUT2D eigenvalue weighted by Crippen LogP contribution is -2.42. The minimum Gasteiger partial charge on any atom is -0.481 e. The summed E-state index contributed by atoms with van der Waals surface area (Å²) in [4.78, 5) is 28.7. The highest BCUT2D eigenvalue weighted by Crippen LogP contribution is 2.21. The van der Waals surface area contributed by atoms with E-state index in [-0.39, 0.29) is 12.8 Å². The summed E-state index contributed by atoms with van der Waals surface area (Å²) in [5.41, 5.74) is 0. The molecule has 0 bridgehead atoms. The van der Waals surface area contributed by atoms with Crippen molar-refractivity contribution in [3.63, 3.8) is 0 Å². The second kappa shape index (κ2) is 14.2. The van der Waals surface area contributed by atoms with Crippen LogP contribution in [0.25, 0.3) is 0 Å². The van der Waals surface area contributed by atoms with E-state index < -0.39 is 17.7 Å². The number of aliphatic carboxylic acids is 2. The topological polar surface area (TPSA) is 134 Å². The molecule has 4 N–H and O–H groups in total. The molecule has 0 heterocycles. The lowest BCUT2D eigenvalue weighted by Gasteiger charge is -2.21. The molecule has 0 aromatic carbocycles. The Morgan fingerprint density at radius 2 is 1.04 bits per heavy atom. The lowest BCUT2D eigenvalue weighted by atomic mass is 10.0. The van der Waals surface area contributed by atoms with Gasteiger partial charge in [0, 0.05) is 12.8 Å². The fraction of sp³-hybridized carbons (Fsp3) is 0.875. The molecular formula is C16H30O8. The van der Waals surface area contributed by atoms with Gasteiger partial charge in [0.05, 0.1) is 0 Å². The molecule has 0 saturated heterocycles. The molecule has 0 fully saturated rings. The average molecular weight is 350 g/mol. The fourth-order valence-electron chi connectivity index (χ4n) is 2.52. The summed E-state index contributed by atoms with van der Waals surface area (Å²) >= 11 is 0. The van der Waals surface area contributed by atoms with Crippen LogP contribution < -0.4 is 0 Å². The molecular weight excluding hydrogens is 320 g/mol. The molecule has 0 aliphatic heterocycles. The molecule has 0 radical (unpaired) electrons. The highest BCUT2D eigenvalue weighted by atomic mass is 17.2. The van der Waals surface area contributed by atoms with E-state index in [9.17, 15) is 9.59 Å². The van der Waals surface area contributed by atoms with Crippen LogP contribution in [-0.2, 0) is 19.4 Å². The van der Waals surface area contributed by atoms with Gasteiger partial charge in [-0.05, 0) is 12.8 Å². The van der Waals surface area contributed by atoms with Crippen LogP contribution in [0.15, 0.2) is 0 Å². The van der Waals surface area contributed by atoms with Gasteiger partial charge in [-0.15, -0.1) is 0 Å². The molecule has 0 aromatic rings. The predicted octanol–water partition coefficient (Wildman–Crippen LogP) is 3.90. The van der Waals surface area contributed by atoms with E-state index in [0.29, 0.717) is 6.42 Å². The van der Waals surface area contributed by atoms with Crippen LogP contribution >= 0.6 is 0 Å². The molecule has 0 saturated carbocycles. The van der Waals surface area contributed by atoms with Gasteiger partial charge in [0.15, 0.2) is 0 Å². The van der Waals surface area contributed by atoms with Gasteiger partial charge in [0.1, 0.15) is 0 Å². The third-order valence-electron chi connectivity index (χ3n) is 4.02. The van der Waals surface area contributed by atoms with Crippen molar-refractivity contribution in [2.75, 3.05) is 0 Å². The summed E-state index contributed by atoms with van der Waals surface area (Å²) in [6.45, 7) is 0. The lowest BCUT2D eigenvalue weighted by molar-refractivity contribution is -0.472. The summed E-state index contributed by atoms with van der Waals surface area (Å²) in [6.07, 6.45) is 10.6. The normalized spacial score (nSPS) is 11.6. The first-order valence-corrected chi connectivity index (χ1v) is 8.59. The van der Waals surface area contributed by atoms with Crippen molar-refractivity contribution < 1.29 is 40.1 Å². The Morgan fingerprint density at radius 3 is 1.38 bits per heavy atom. The molecule has 0 amide bonds. The van der Waals surface area contributed by atoms with Gasteiger partial charge in [-0.1, -0.05) is 57.8 Å². The number of hydrogen-bond donors (Lipinski definition) is 4. The van der Waals surface area contributed by atoms with E-state index in [1.54, 1.807) is 0 Å². The molecule has 142 valence electrons. The number of carboxylic acid groups (broad SMARTS) is 2. The van der Waals surface area contributed by atoms with Gasteiger partial charge in [-0.3, -0.25) is 4.79 Å². The van der Waals surface area contributed by atoms with E-state index in [2.05, 4.69) is 9.78 Å². The molecule has 0 aliphatic rings. The summed E-state index contributed by atoms with van der Waals surface area (Å²) in [7, 11) is 0. The standard InChI is InChI=1S/C16H30O8/c17-14(18)12-10-8-6-4-2-1-3-5-7-9-11-13-16(23-21,24-22)15(19)20/h21-22H,1-13H2,(H,17,18)(H,19,20). The Morgan fingerprint density at radius 1 is 0.667 bits per heavy atom. The zero-order chi connectivity index (χ0) is 18.3. The Kier molecular flexibility index (Phi) is 13.4. The smallest absolute Gasteiger partial charge is 0.370 e. The predicted molar refractivity (Wildman–Crippen MR) is 85.5 cm³/mol. The average Bonchev–Trinajstić information content (AvgIpc) is 2.55. The van der Waals surface area contributed by atoms with E-state index >= 15 is 0 Å². The first kappa shape index (κ1) is 22.8. The SMILES string of the molecule is O=C(O)CCCCCCCCCCCCCC(OO)(OO)C(=O)O. The number of hydrogen-bond acceptors (Lipinski definition) is 6. The van der Waals surface area contributed by atoms with E-state index in [1.165, 1.54) is 0 Å². The monoisotopic (exact) mass is 350 g/mol. The second-order valence-corrected chi connectivity index (χ2v) is 6.02. The molecule has 0 aliphatic carbocycles. The van der Waals surface area contributed by atoms with Crippen molar-refractivity contribution in [1.29, 1.82) is 0 Å². The maximum Gasteiger partial charge on any atom is 0.370 e. The molecule has 0 atom stereocenters. The van der Waals surface area contributed by atoms with Crippen LogP contribution in [0.3, 0.4) is 0 Å².